The number of alkyl halides is 3. The number of aromatic carboxylic acids is 1. The Labute approximate surface area is 118 Å². The first-order valence-electron chi connectivity index (χ1n) is 6.20. The first-order valence-corrected chi connectivity index (χ1v) is 6.20. The van der Waals surface area contributed by atoms with E-state index in [-0.39, 0.29) is 11.5 Å². The van der Waals surface area contributed by atoms with E-state index in [9.17, 15) is 18.0 Å². The minimum atomic E-state index is -4.56. The fourth-order valence-electron chi connectivity index (χ4n) is 1.91. The van der Waals surface area contributed by atoms with Gasteiger partial charge in [-0.2, -0.15) is 13.2 Å². The molecular weight excluding hydrogens is 287 g/mol. The van der Waals surface area contributed by atoms with Gasteiger partial charge < -0.3 is 5.11 Å². The smallest absolute Gasteiger partial charge is 0.418 e. The van der Waals surface area contributed by atoms with E-state index in [2.05, 4.69) is 10.1 Å². The van der Waals surface area contributed by atoms with Gasteiger partial charge in [0.05, 0.1) is 11.3 Å². The Morgan fingerprint density at radius 2 is 2.00 bits per heavy atom. The van der Waals surface area contributed by atoms with E-state index in [4.69, 9.17) is 5.11 Å². The molecule has 21 heavy (non-hydrogen) atoms. The largest absolute Gasteiger partial charge is 0.475 e. The van der Waals surface area contributed by atoms with Gasteiger partial charge in [-0.15, -0.1) is 5.10 Å². The Balaban J connectivity index is 2.64. The van der Waals surface area contributed by atoms with Gasteiger partial charge in [0.15, 0.2) is 0 Å². The van der Waals surface area contributed by atoms with E-state index < -0.39 is 23.5 Å². The lowest BCUT2D eigenvalue weighted by Crippen LogP contribution is -2.13. The number of hydrogen-bond donors (Lipinski definition) is 1. The Morgan fingerprint density at radius 3 is 2.57 bits per heavy atom. The molecule has 0 atom stereocenters. The van der Waals surface area contributed by atoms with Crippen molar-refractivity contribution >= 4 is 5.97 Å². The van der Waals surface area contributed by atoms with Crippen molar-refractivity contribution in [2.24, 2.45) is 0 Å². The average Bonchev–Trinajstić information content (AvgIpc) is 2.82. The molecule has 1 aromatic heterocycles. The zero-order chi connectivity index (χ0) is 15.6. The summed E-state index contributed by atoms with van der Waals surface area (Å²) in [7, 11) is 0. The number of aromatic nitrogens is 3. The van der Waals surface area contributed by atoms with Gasteiger partial charge in [-0.1, -0.05) is 19.1 Å². The van der Waals surface area contributed by atoms with E-state index in [1.165, 1.54) is 18.2 Å². The van der Waals surface area contributed by atoms with E-state index in [1.54, 1.807) is 0 Å². The molecule has 1 aromatic carbocycles. The van der Waals surface area contributed by atoms with Crippen LogP contribution in [-0.2, 0) is 12.6 Å². The maximum atomic E-state index is 13.0. The van der Waals surface area contributed by atoms with Gasteiger partial charge in [-0.05, 0) is 18.6 Å². The number of carbonyl (C=O) groups is 1. The van der Waals surface area contributed by atoms with Crippen molar-refractivity contribution in [3.05, 3.63) is 41.5 Å². The van der Waals surface area contributed by atoms with Crippen LogP contribution in [0.15, 0.2) is 24.3 Å². The number of benzene rings is 1. The van der Waals surface area contributed by atoms with Gasteiger partial charge in [-0.25, -0.2) is 14.5 Å². The molecular formula is C13H12F3N3O2. The van der Waals surface area contributed by atoms with Gasteiger partial charge in [0.2, 0.25) is 0 Å². The fraction of sp³-hybridized carbons (Fsp3) is 0.308. The van der Waals surface area contributed by atoms with E-state index in [0.29, 0.717) is 12.8 Å². The van der Waals surface area contributed by atoms with Gasteiger partial charge in [-0.3, -0.25) is 0 Å². The summed E-state index contributed by atoms with van der Waals surface area (Å²) in [5.74, 6) is -1.71. The molecule has 0 bridgehead atoms. The van der Waals surface area contributed by atoms with Crippen LogP contribution in [0.4, 0.5) is 13.2 Å². The molecule has 0 spiro atoms. The van der Waals surface area contributed by atoms with Crippen molar-refractivity contribution in [2.75, 3.05) is 0 Å². The van der Waals surface area contributed by atoms with Crippen LogP contribution in [0.25, 0.3) is 5.69 Å². The number of carboxylic acid groups (broad SMARTS) is 1. The van der Waals surface area contributed by atoms with Crippen LogP contribution in [0.1, 0.15) is 35.4 Å². The van der Waals surface area contributed by atoms with Crippen molar-refractivity contribution in [1.82, 2.24) is 14.8 Å². The van der Waals surface area contributed by atoms with Crippen LogP contribution in [0, 0.1) is 0 Å². The SMILES string of the molecule is CCCc1nc(C(=O)O)nn1-c1ccccc1C(F)(F)F. The molecule has 112 valence electrons. The summed E-state index contributed by atoms with van der Waals surface area (Å²) in [4.78, 5) is 14.7. The van der Waals surface area contributed by atoms with Crippen LogP contribution >= 0.6 is 0 Å². The van der Waals surface area contributed by atoms with E-state index in [1.807, 2.05) is 6.92 Å². The number of carboxylic acids is 1. The molecule has 2 rings (SSSR count). The minimum Gasteiger partial charge on any atom is -0.475 e. The zero-order valence-corrected chi connectivity index (χ0v) is 11.1. The third-order valence-corrected chi connectivity index (χ3v) is 2.78. The summed E-state index contributed by atoms with van der Waals surface area (Å²) in [5, 5.41) is 12.6. The molecule has 5 nitrogen and oxygen atoms in total. The average molecular weight is 299 g/mol. The first kappa shape index (κ1) is 15.0. The molecule has 0 saturated heterocycles. The molecule has 0 saturated carbocycles. The maximum absolute atomic E-state index is 13.0. The Bertz CT molecular complexity index is 665. The summed E-state index contributed by atoms with van der Waals surface area (Å²) in [6.45, 7) is 1.81. The number of aryl methyl sites for hydroxylation is 1. The molecule has 0 fully saturated rings. The highest BCUT2D eigenvalue weighted by atomic mass is 19.4. The molecule has 1 N–H and O–H groups in total. The number of para-hydroxylation sites is 1. The van der Waals surface area contributed by atoms with E-state index in [0.717, 1.165) is 10.7 Å². The molecule has 0 amide bonds. The van der Waals surface area contributed by atoms with Crippen LogP contribution in [0.3, 0.4) is 0 Å². The second-order valence-corrected chi connectivity index (χ2v) is 4.33. The zero-order valence-electron chi connectivity index (χ0n) is 11.1. The fourth-order valence-corrected chi connectivity index (χ4v) is 1.91. The lowest BCUT2D eigenvalue weighted by Gasteiger charge is -2.13. The topological polar surface area (TPSA) is 68.0 Å². The highest BCUT2D eigenvalue weighted by Gasteiger charge is 2.34. The van der Waals surface area contributed by atoms with Crippen molar-refractivity contribution in [3.8, 4) is 5.69 Å². The number of halogens is 3. The van der Waals surface area contributed by atoms with Crippen LogP contribution < -0.4 is 0 Å². The number of hydrogen-bond acceptors (Lipinski definition) is 3. The summed E-state index contributed by atoms with van der Waals surface area (Å²) in [6.07, 6.45) is -3.63. The van der Waals surface area contributed by atoms with Gasteiger partial charge in [0.1, 0.15) is 5.82 Å². The van der Waals surface area contributed by atoms with Crippen molar-refractivity contribution < 1.29 is 23.1 Å². The van der Waals surface area contributed by atoms with Crippen LogP contribution in [-0.4, -0.2) is 25.8 Å². The Hall–Kier alpha value is -2.38. The summed E-state index contributed by atoms with van der Waals surface area (Å²) in [6, 6.07) is 4.86. The van der Waals surface area contributed by atoms with Gasteiger partial charge in [0.25, 0.3) is 5.82 Å². The molecule has 0 radical (unpaired) electrons. The summed E-state index contributed by atoms with van der Waals surface area (Å²) < 4.78 is 40.1. The standard InChI is InChI=1S/C13H12F3N3O2/c1-2-5-10-17-11(12(20)21)18-19(10)9-7-4-3-6-8(9)13(14,15)16/h3-4,6-7H,2,5H2,1H3,(H,20,21). The monoisotopic (exact) mass is 299 g/mol. The minimum absolute atomic E-state index is 0.187. The molecule has 2 aromatic rings. The third-order valence-electron chi connectivity index (χ3n) is 2.78. The second-order valence-electron chi connectivity index (χ2n) is 4.33. The first-order chi connectivity index (χ1) is 9.84. The highest BCUT2D eigenvalue weighted by molar-refractivity contribution is 5.83. The van der Waals surface area contributed by atoms with Crippen LogP contribution in [0.2, 0.25) is 0 Å². The molecule has 0 aliphatic heterocycles. The predicted octanol–water partition coefficient (Wildman–Crippen LogP) is 2.94. The molecule has 0 aliphatic carbocycles. The molecule has 1 heterocycles. The molecule has 0 unspecified atom stereocenters. The highest BCUT2D eigenvalue weighted by Crippen LogP contribution is 2.33. The molecule has 8 heteroatoms. The number of nitrogens with zero attached hydrogens (tertiary/aromatic N) is 3. The van der Waals surface area contributed by atoms with Gasteiger partial charge in [0, 0.05) is 6.42 Å². The quantitative estimate of drug-likeness (QED) is 0.942. The normalized spacial score (nSPS) is 11.6. The lowest BCUT2D eigenvalue weighted by atomic mass is 10.1. The van der Waals surface area contributed by atoms with Crippen molar-refractivity contribution in [1.29, 1.82) is 0 Å². The predicted molar refractivity (Wildman–Crippen MR) is 67.3 cm³/mol. The Morgan fingerprint density at radius 1 is 1.33 bits per heavy atom. The lowest BCUT2D eigenvalue weighted by molar-refractivity contribution is -0.137. The maximum Gasteiger partial charge on any atom is 0.418 e. The van der Waals surface area contributed by atoms with Crippen molar-refractivity contribution in [3.63, 3.8) is 0 Å². The van der Waals surface area contributed by atoms with Gasteiger partial charge >= 0.3 is 12.1 Å². The van der Waals surface area contributed by atoms with E-state index >= 15 is 0 Å². The Kier molecular flexibility index (Phi) is 3.97. The summed E-state index contributed by atoms with van der Waals surface area (Å²) in [5.41, 5.74) is -1.11. The van der Waals surface area contributed by atoms with Crippen LogP contribution in [0.5, 0.6) is 0 Å². The van der Waals surface area contributed by atoms with Crippen molar-refractivity contribution in [2.45, 2.75) is 25.9 Å². The third kappa shape index (κ3) is 3.04. The number of rotatable bonds is 4. The molecule has 0 aliphatic rings. The summed E-state index contributed by atoms with van der Waals surface area (Å²) >= 11 is 0. The second kappa shape index (κ2) is 5.55.